The summed E-state index contributed by atoms with van der Waals surface area (Å²) in [5.74, 6) is 0.811. The standard InChI is InChI=1S/C26H29FOSi/c1-26(2,3)29(23-10-6-4-7-11-23,24-12-8-5-9-13-24)28-19-21-18-25(21)20-14-16-22(27)17-15-20/h4-17,21,25H,18-19H2,1-3H3/t21-,25?/m0/s1. The Hall–Kier alpha value is -2.23. The monoisotopic (exact) mass is 404 g/mol. The van der Waals surface area contributed by atoms with E-state index in [2.05, 4.69) is 81.4 Å². The third kappa shape index (κ3) is 3.94. The molecular weight excluding hydrogens is 375 g/mol. The minimum absolute atomic E-state index is 0.00400. The van der Waals surface area contributed by atoms with Crippen LogP contribution in [0.25, 0.3) is 0 Å². The van der Waals surface area contributed by atoms with Crippen LogP contribution in [0.4, 0.5) is 4.39 Å². The zero-order valence-electron chi connectivity index (χ0n) is 17.4. The average Bonchev–Trinajstić information content (AvgIpc) is 3.49. The summed E-state index contributed by atoms with van der Waals surface area (Å²) in [6.07, 6.45) is 1.11. The molecule has 0 amide bonds. The van der Waals surface area contributed by atoms with E-state index < -0.39 is 8.32 Å². The molecule has 0 spiro atoms. The topological polar surface area (TPSA) is 9.23 Å². The van der Waals surface area contributed by atoms with Crippen molar-refractivity contribution in [3.05, 3.63) is 96.3 Å². The maximum atomic E-state index is 13.3. The van der Waals surface area contributed by atoms with Gasteiger partial charge in [-0.25, -0.2) is 4.39 Å². The largest absolute Gasteiger partial charge is 0.407 e. The molecule has 0 N–H and O–H groups in total. The summed E-state index contributed by atoms with van der Waals surface area (Å²) in [4.78, 5) is 0. The van der Waals surface area contributed by atoms with Gasteiger partial charge in [0.2, 0.25) is 0 Å². The van der Waals surface area contributed by atoms with Crippen LogP contribution in [0, 0.1) is 11.7 Å². The van der Waals surface area contributed by atoms with E-state index in [1.165, 1.54) is 15.9 Å². The fourth-order valence-electron chi connectivity index (χ4n) is 4.54. The Balaban J connectivity index is 1.64. The molecule has 0 heterocycles. The fourth-order valence-corrected chi connectivity index (χ4v) is 9.16. The van der Waals surface area contributed by atoms with E-state index in [1.807, 2.05) is 12.1 Å². The summed E-state index contributed by atoms with van der Waals surface area (Å²) in [5, 5.41) is 2.63. The molecular formula is C26H29FOSi. The quantitative estimate of drug-likeness (QED) is 0.493. The SMILES string of the molecule is CC(C)(C)[Si](OC[C@@H]1CC1c1ccc(F)cc1)(c1ccccc1)c1ccccc1. The fraction of sp³-hybridized carbons (Fsp3) is 0.308. The van der Waals surface area contributed by atoms with E-state index in [0.717, 1.165) is 13.0 Å². The van der Waals surface area contributed by atoms with Crippen LogP contribution in [-0.2, 0) is 4.43 Å². The van der Waals surface area contributed by atoms with E-state index in [-0.39, 0.29) is 10.9 Å². The van der Waals surface area contributed by atoms with Crippen molar-refractivity contribution in [2.45, 2.75) is 38.1 Å². The molecule has 1 fully saturated rings. The number of hydrogen-bond acceptors (Lipinski definition) is 1. The van der Waals surface area contributed by atoms with Crippen LogP contribution in [-0.4, -0.2) is 14.9 Å². The summed E-state index contributed by atoms with van der Waals surface area (Å²) in [6, 6.07) is 28.5. The van der Waals surface area contributed by atoms with Gasteiger partial charge in [-0.2, -0.15) is 0 Å². The van der Waals surface area contributed by atoms with Crippen molar-refractivity contribution >= 4 is 18.7 Å². The maximum absolute atomic E-state index is 13.3. The molecule has 29 heavy (non-hydrogen) atoms. The zero-order chi connectivity index (χ0) is 20.5. The van der Waals surface area contributed by atoms with Gasteiger partial charge in [0.25, 0.3) is 8.32 Å². The summed E-state index contributed by atoms with van der Waals surface area (Å²) in [6.45, 7) is 7.67. The highest BCUT2D eigenvalue weighted by Gasteiger charge is 2.51. The Morgan fingerprint density at radius 3 is 1.83 bits per heavy atom. The highest BCUT2D eigenvalue weighted by molar-refractivity contribution is 6.99. The second-order valence-corrected chi connectivity index (χ2v) is 13.4. The third-order valence-corrected chi connectivity index (χ3v) is 11.2. The predicted molar refractivity (Wildman–Crippen MR) is 121 cm³/mol. The molecule has 1 aliphatic rings. The first-order valence-electron chi connectivity index (χ1n) is 10.4. The molecule has 3 heteroatoms. The van der Waals surface area contributed by atoms with E-state index in [9.17, 15) is 4.39 Å². The van der Waals surface area contributed by atoms with Gasteiger partial charge in [0.1, 0.15) is 5.82 Å². The van der Waals surface area contributed by atoms with Crippen molar-refractivity contribution < 1.29 is 8.82 Å². The van der Waals surface area contributed by atoms with Gasteiger partial charge >= 0.3 is 0 Å². The number of halogens is 1. The Morgan fingerprint density at radius 2 is 1.34 bits per heavy atom. The average molecular weight is 405 g/mol. The van der Waals surface area contributed by atoms with E-state index in [1.54, 1.807) is 12.1 Å². The summed E-state index contributed by atoms with van der Waals surface area (Å²) in [7, 11) is -2.47. The second kappa shape index (κ2) is 7.89. The maximum Gasteiger partial charge on any atom is 0.261 e. The van der Waals surface area contributed by atoms with Crippen LogP contribution in [0.1, 0.15) is 38.7 Å². The molecule has 0 saturated heterocycles. The van der Waals surface area contributed by atoms with Gasteiger partial charge < -0.3 is 4.43 Å². The predicted octanol–water partition coefficient (Wildman–Crippen LogP) is 5.51. The molecule has 1 nitrogen and oxygen atoms in total. The van der Waals surface area contributed by atoms with Gasteiger partial charge in [0, 0.05) is 6.61 Å². The van der Waals surface area contributed by atoms with Crippen LogP contribution in [0.15, 0.2) is 84.9 Å². The number of rotatable bonds is 6. The van der Waals surface area contributed by atoms with Crippen molar-refractivity contribution in [3.63, 3.8) is 0 Å². The van der Waals surface area contributed by atoms with Crippen molar-refractivity contribution in [2.24, 2.45) is 5.92 Å². The first-order chi connectivity index (χ1) is 13.9. The number of benzene rings is 3. The molecule has 0 aromatic heterocycles. The summed E-state index contributed by atoms with van der Waals surface area (Å²) < 4.78 is 20.3. The number of hydrogen-bond donors (Lipinski definition) is 0. The Morgan fingerprint density at radius 1 is 0.828 bits per heavy atom. The van der Waals surface area contributed by atoms with Crippen LogP contribution in [0.3, 0.4) is 0 Å². The van der Waals surface area contributed by atoms with Crippen molar-refractivity contribution in [1.29, 1.82) is 0 Å². The summed E-state index contributed by atoms with van der Waals surface area (Å²) >= 11 is 0. The van der Waals surface area contributed by atoms with Gasteiger partial charge in [0.05, 0.1) is 0 Å². The van der Waals surface area contributed by atoms with Gasteiger partial charge in [-0.05, 0) is 51.4 Å². The molecule has 0 aliphatic heterocycles. The first kappa shape index (κ1) is 20.1. The molecule has 1 unspecified atom stereocenters. The lowest BCUT2D eigenvalue weighted by Crippen LogP contribution is -2.66. The van der Waals surface area contributed by atoms with Crippen LogP contribution in [0.2, 0.25) is 5.04 Å². The van der Waals surface area contributed by atoms with Gasteiger partial charge in [-0.15, -0.1) is 0 Å². The molecule has 0 radical (unpaired) electrons. The highest BCUT2D eigenvalue weighted by Crippen LogP contribution is 2.48. The van der Waals surface area contributed by atoms with Gasteiger partial charge in [-0.3, -0.25) is 0 Å². The highest BCUT2D eigenvalue weighted by atomic mass is 28.4. The molecule has 3 aromatic carbocycles. The van der Waals surface area contributed by atoms with Crippen LogP contribution in [0.5, 0.6) is 0 Å². The van der Waals surface area contributed by atoms with Crippen LogP contribution < -0.4 is 10.4 Å². The van der Waals surface area contributed by atoms with E-state index in [0.29, 0.717) is 11.8 Å². The van der Waals surface area contributed by atoms with Gasteiger partial charge in [-0.1, -0.05) is 93.6 Å². The normalized spacial score (nSPS) is 19.2. The Bertz CT molecular complexity index is 892. The minimum atomic E-state index is -2.47. The van der Waals surface area contributed by atoms with Gasteiger partial charge in [0.15, 0.2) is 0 Å². The molecule has 3 aromatic rings. The lowest BCUT2D eigenvalue weighted by atomic mass is 10.1. The van der Waals surface area contributed by atoms with E-state index >= 15 is 0 Å². The third-order valence-electron chi connectivity index (χ3n) is 6.15. The van der Waals surface area contributed by atoms with Crippen LogP contribution >= 0.6 is 0 Å². The molecule has 1 aliphatic carbocycles. The molecule has 2 atom stereocenters. The van der Waals surface area contributed by atoms with Crippen molar-refractivity contribution in [2.75, 3.05) is 6.61 Å². The van der Waals surface area contributed by atoms with Crippen molar-refractivity contribution in [3.8, 4) is 0 Å². The Labute approximate surface area is 174 Å². The first-order valence-corrected chi connectivity index (χ1v) is 12.3. The zero-order valence-corrected chi connectivity index (χ0v) is 18.4. The molecule has 150 valence electrons. The molecule has 1 saturated carbocycles. The van der Waals surface area contributed by atoms with E-state index in [4.69, 9.17) is 4.43 Å². The lowest BCUT2D eigenvalue weighted by molar-refractivity contribution is 0.279. The smallest absolute Gasteiger partial charge is 0.261 e. The minimum Gasteiger partial charge on any atom is -0.407 e. The molecule has 4 rings (SSSR count). The lowest BCUT2D eigenvalue weighted by Gasteiger charge is -2.43. The molecule has 0 bridgehead atoms. The summed E-state index contributed by atoms with van der Waals surface area (Å²) in [5.41, 5.74) is 1.22. The van der Waals surface area contributed by atoms with Crippen molar-refractivity contribution in [1.82, 2.24) is 0 Å². The second-order valence-electron chi connectivity index (χ2n) is 9.13. The Kier molecular flexibility index (Phi) is 5.45.